The van der Waals surface area contributed by atoms with Crippen molar-refractivity contribution < 1.29 is 0 Å². The molecular weight excluding hydrogens is 236 g/mol. The number of hydrogen-bond acceptors (Lipinski definition) is 4. The Morgan fingerprint density at radius 2 is 2.00 bits per heavy atom. The molecule has 108 valence electrons. The first kappa shape index (κ1) is 14.8. The Morgan fingerprint density at radius 1 is 1.32 bits per heavy atom. The molecule has 2 N–H and O–H groups in total. The smallest absolute Gasteiger partial charge is 0.107 e. The van der Waals surface area contributed by atoms with E-state index in [1.54, 1.807) is 0 Å². The van der Waals surface area contributed by atoms with Crippen LogP contribution in [0.3, 0.4) is 0 Å². The molecule has 1 aliphatic heterocycles. The number of nitrogens with two attached hydrogens (primary N) is 1. The first-order valence-electron chi connectivity index (χ1n) is 7.72. The van der Waals surface area contributed by atoms with Crippen molar-refractivity contribution in [3.05, 3.63) is 0 Å². The molecule has 0 amide bonds. The molecule has 0 aromatic carbocycles. The van der Waals surface area contributed by atoms with Crippen LogP contribution in [0.5, 0.6) is 0 Å². The molecule has 0 radical (unpaired) electrons. The molecular formula is C15H28N4. The molecule has 0 spiro atoms. The van der Waals surface area contributed by atoms with Crippen molar-refractivity contribution in [3.8, 4) is 6.07 Å². The summed E-state index contributed by atoms with van der Waals surface area (Å²) in [6.45, 7) is 10.3. The third-order valence-electron chi connectivity index (χ3n) is 5.01. The first-order valence-corrected chi connectivity index (χ1v) is 7.72. The summed E-state index contributed by atoms with van der Waals surface area (Å²) in [5.74, 6) is 0.403. The topological polar surface area (TPSA) is 56.3 Å². The van der Waals surface area contributed by atoms with Crippen LogP contribution < -0.4 is 5.73 Å². The zero-order valence-electron chi connectivity index (χ0n) is 12.4. The van der Waals surface area contributed by atoms with Gasteiger partial charge >= 0.3 is 0 Å². The second-order valence-corrected chi connectivity index (χ2v) is 6.50. The molecule has 0 aromatic heterocycles. The maximum absolute atomic E-state index is 9.23. The van der Waals surface area contributed by atoms with Crippen LogP contribution in [-0.2, 0) is 0 Å². The minimum absolute atomic E-state index is 0.403. The average Bonchev–Trinajstić information content (AvgIpc) is 2.79. The quantitative estimate of drug-likeness (QED) is 0.834. The van der Waals surface area contributed by atoms with Gasteiger partial charge in [0.25, 0.3) is 0 Å². The lowest BCUT2D eigenvalue weighted by atomic mass is 9.87. The standard InChI is InChI=1S/C15H28N4/c1-13(2)19-10-8-18(9-11-19)7-5-14-4-3-6-15(14,17)12-16/h13-14H,3-11,17H2,1-2H3. The van der Waals surface area contributed by atoms with Gasteiger partial charge in [-0.1, -0.05) is 6.42 Å². The summed E-state index contributed by atoms with van der Waals surface area (Å²) >= 11 is 0. The summed E-state index contributed by atoms with van der Waals surface area (Å²) in [5.41, 5.74) is 5.65. The maximum atomic E-state index is 9.23. The highest BCUT2D eigenvalue weighted by Crippen LogP contribution is 2.35. The van der Waals surface area contributed by atoms with E-state index in [-0.39, 0.29) is 0 Å². The normalized spacial score (nSPS) is 33.7. The fourth-order valence-corrected chi connectivity index (χ4v) is 3.49. The number of hydrogen-bond donors (Lipinski definition) is 1. The van der Waals surface area contributed by atoms with Gasteiger partial charge in [0.2, 0.25) is 0 Å². The molecule has 2 aliphatic rings. The molecule has 2 rings (SSSR count). The molecule has 1 saturated carbocycles. The summed E-state index contributed by atoms with van der Waals surface area (Å²) < 4.78 is 0. The van der Waals surface area contributed by atoms with E-state index in [1.807, 2.05) is 0 Å². The van der Waals surface area contributed by atoms with Crippen molar-refractivity contribution in [3.63, 3.8) is 0 Å². The van der Waals surface area contributed by atoms with E-state index in [4.69, 9.17) is 5.73 Å². The summed E-state index contributed by atoms with van der Waals surface area (Å²) in [7, 11) is 0. The van der Waals surface area contributed by atoms with Gasteiger partial charge in [-0.3, -0.25) is 4.90 Å². The van der Waals surface area contributed by atoms with E-state index >= 15 is 0 Å². The van der Waals surface area contributed by atoms with E-state index in [0.717, 1.165) is 45.3 Å². The zero-order valence-corrected chi connectivity index (χ0v) is 12.4. The van der Waals surface area contributed by atoms with Gasteiger partial charge in [0.15, 0.2) is 0 Å². The van der Waals surface area contributed by atoms with Crippen molar-refractivity contribution >= 4 is 0 Å². The van der Waals surface area contributed by atoms with Crippen molar-refractivity contribution in [2.24, 2.45) is 11.7 Å². The molecule has 1 aliphatic carbocycles. The molecule has 4 nitrogen and oxygen atoms in total. The van der Waals surface area contributed by atoms with Crippen LogP contribution in [-0.4, -0.2) is 54.1 Å². The monoisotopic (exact) mass is 264 g/mol. The van der Waals surface area contributed by atoms with Gasteiger partial charge in [-0.15, -0.1) is 0 Å². The maximum Gasteiger partial charge on any atom is 0.107 e. The highest BCUT2D eigenvalue weighted by atomic mass is 15.3. The average molecular weight is 264 g/mol. The van der Waals surface area contributed by atoms with Crippen molar-refractivity contribution in [1.29, 1.82) is 5.26 Å². The number of nitriles is 1. The summed E-state index contributed by atoms with van der Waals surface area (Å²) in [5, 5.41) is 9.23. The van der Waals surface area contributed by atoms with E-state index in [2.05, 4.69) is 29.7 Å². The third kappa shape index (κ3) is 3.47. The second kappa shape index (κ2) is 6.21. The van der Waals surface area contributed by atoms with Gasteiger partial charge < -0.3 is 10.6 Å². The molecule has 1 saturated heterocycles. The predicted molar refractivity (Wildman–Crippen MR) is 77.6 cm³/mol. The van der Waals surface area contributed by atoms with Gasteiger partial charge in [0.1, 0.15) is 5.54 Å². The van der Waals surface area contributed by atoms with Crippen LogP contribution in [0, 0.1) is 17.2 Å². The van der Waals surface area contributed by atoms with Crippen LogP contribution in [0.25, 0.3) is 0 Å². The molecule has 19 heavy (non-hydrogen) atoms. The Hall–Kier alpha value is -0.630. The minimum Gasteiger partial charge on any atom is -0.313 e. The van der Waals surface area contributed by atoms with Crippen LogP contribution >= 0.6 is 0 Å². The van der Waals surface area contributed by atoms with Crippen LogP contribution in [0.15, 0.2) is 0 Å². The Bertz CT molecular complexity index is 328. The van der Waals surface area contributed by atoms with Crippen molar-refractivity contribution in [2.75, 3.05) is 32.7 Å². The van der Waals surface area contributed by atoms with Gasteiger partial charge in [0.05, 0.1) is 6.07 Å². The Kier molecular flexibility index (Phi) is 4.83. The van der Waals surface area contributed by atoms with E-state index < -0.39 is 5.54 Å². The fourth-order valence-electron chi connectivity index (χ4n) is 3.49. The molecule has 2 fully saturated rings. The summed E-state index contributed by atoms with van der Waals surface area (Å²) in [6, 6.07) is 3.01. The van der Waals surface area contributed by atoms with Crippen LogP contribution in [0.4, 0.5) is 0 Å². The summed E-state index contributed by atoms with van der Waals surface area (Å²) in [4.78, 5) is 5.07. The Balaban J connectivity index is 1.74. The Labute approximate surface area is 117 Å². The summed E-state index contributed by atoms with van der Waals surface area (Å²) in [6.07, 6.45) is 4.23. The lowest BCUT2D eigenvalue weighted by Crippen LogP contribution is -2.50. The minimum atomic E-state index is -0.542. The zero-order chi connectivity index (χ0) is 13.9. The van der Waals surface area contributed by atoms with Crippen molar-refractivity contribution in [1.82, 2.24) is 9.80 Å². The molecule has 1 heterocycles. The second-order valence-electron chi connectivity index (χ2n) is 6.50. The molecule has 2 atom stereocenters. The van der Waals surface area contributed by atoms with Crippen LogP contribution in [0.2, 0.25) is 0 Å². The van der Waals surface area contributed by atoms with E-state index in [0.29, 0.717) is 12.0 Å². The molecule has 2 unspecified atom stereocenters. The van der Waals surface area contributed by atoms with E-state index in [9.17, 15) is 5.26 Å². The van der Waals surface area contributed by atoms with Crippen LogP contribution in [0.1, 0.15) is 39.5 Å². The van der Waals surface area contributed by atoms with E-state index in [1.165, 1.54) is 13.1 Å². The largest absolute Gasteiger partial charge is 0.313 e. The SMILES string of the molecule is CC(C)N1CCN(CCC2CCCC2(N)C#N)CC1. The fraction of sp³-hybridized carbons (Fsp3) is 0.933. The van der Waals surface area contributed by atoms with Gasteiger partial charge in [0, 0.05) is 32.2 Å². The van der Waals surface area contributed by atoms with Gasteiger partial charge in [-0.05, 0) is 45.6 Å². The van der Waals surface area contributed by atoms with Gasteiger partial charge in [-0.25, -0.2) is 0 Å². The lowest BCUT2D eigenvalue weighted by molar-refractivity contribution is 0.102. The number of piperazine rings is 1. The van der Waals surface area contributed by atoms with Gasteiger partial charge in [-0.2, -0.15) is 5.26 Å². The highest BCUT2D eigenvalue weighted by Gasteiger charge is 2.39. The molecule has 0 aromatic rings. The first-order chi connectivity index (χ1) is 9.05. The number of nitrogens with zero attached hydrogens (tertiary/aromatic N) is 3. The highest BCUT2D eigenvalue weighted by molar-refractivity contribution is 5.11. The number of rotatable bonds is 4. The lowest BCUT2D eigenvalue weighted by Gasteiger charge is -2.37. The van der Waals surface area contributed by atoms with Crippen molar-refractivity contribution in [2.45, 2.75) is 51.1 Å². The molecule has 0 bridgehead atoms. The third-order valence-corrected chi connectivity index (χ3v) is 5.01. The predicted octanol–water partition coefficient (Wildman–Crippen LogP) is 1.42. The Morgan fingerprint density at radius 3 is 2.58 bits per heavy atom. The molecule has 4 heteroatoms.